The SMILES string of the molecule is Cc1cccc(CNC(=O)Cc2cccc(CC(C)NCC(O)c3cc(O)cc(O)c3)c2)c1C. The minimum Gasteiger partial charge on any atom is -0.508 e. The number of rotatable bonds is 10. The lowest BCUT2D eigenvalue weighted by Gasteiger charge is -2.18. The van der Waals surface area contributed by atoms with Crippen molar-refractivity contribution < 1.29 is 20.1 Å². The Morgan fingerprint density at radius 1 is 0.941 bits per heavy atom. The molecule has 3 aromatic rings. The molecule has 0 heterocycles. The van der Waals surface area contributed by atoms with Crippen molar-refractivity contribution in [2.45, 2.75) is 52.3 Å². The highest BCUT2D eigenvalue weighted by Crippen LogP contribution is 2.24. The normalized spacial score (nSPS) is 12.8. The van der Waals surface area contributed by atoms with Crippen LogP contribution in [0.2, 0.25) is 0 Å². The first kappa shape index (κ1) is 25.3. The molecule has 2 unspecified atom stereocenters. The second kappa shape index (κ2) is 11.7. The first-order valence-corrected chi connectivity index (χ1v) is 11.5. The van der Waals surface area contributed by atoms with E-state index < -0.39 is 6.10 Å². The number of aliphatic hydroxyl groups excluding tert-OH is 1. The number of aryl methyl sites for hydroxylation is 1. The summed E-state index contributed by atoms with van der Waals surface area (Å²) in [4.78, 5) is 12.5. The van der Waals surface area contributed by atoms with Gasteiger partial charge in [0.15, 0.2) is 0 Å². The molecule has 34 heavy (non-hydrogen) atoms. The number of hydrogen-bond donors (Lipinski definition) is 5. The molecule has 0 fully saturated rings. The van der Waals surface area contributed by atoms with Gasteiger partial charge in [-0.05, 0) is 72.7 Å². The number of carbonyl (C=O) groups excluding carboxylic acids is 1. The summed E-state index contributed by atoms with van der Waals surface area (Å²) in [7, 11) is 0. The Labute approximate surface area is 201 Å². The number of phenols is 2. The largest absolute Gasteiger partial charge is 0.508 e. The van der Waals surface area contributed by atoms with E-state index in [2.05, 4.69) is 30.5 Å². The zero-order valence-corrected chi connectivity index (χ0v) is 20.0. The van der Waals surface area contributed by atoms with Crippen LogP contribution in [0.5, 0.6) is 11.5 Å². The van der Waals surface area contributed by atoms with Crippen molar-refractivity contribution in [3.05, 3.63) is 94.0 Å². The summed E-state index contributed by atoms with van der Waals surface area (Å²) in [5.74, 6) is -0.185. The molecule has 0 aliphatic rings. The fourth-order valence-electron chi connectivity index (χ4n) is 3.98. The fraction of sp³-hybridized carbons (Fsp3) is 0.321. The molecule has 3 aromatic carbocycles. The van der Waals surface area contributed by atoms with Gasteiger partial charge in [-0.15, -0.1) is 0 Å². The van der Waals surface area contributed by atoms with Crippen molar-refractivity contribution in [2.75, 3.05) is 6.54 Å². The average Bonchev–Trinajstić information content (AvgIpc) is 2.78. The van der Waals surface area contributed by atoms with Crippen molar-refractivity contribution in [2.24, 2.45) is 0 Å². The van der Waals surface area contributed by atoms with Crippen LogP contribution in [-0.4, -0.2) is 33.8 Å². The number of aromatic hydroxyl groups is 2. The molecule has 0 bridgehead atoms. The predicted octanol–water partition coefficient (Wildman–Crippen LogP) is 3.83. The van der Waals surface area contributed by atoms with Gasteiger partial charge in [0.2, 0.25) is 5.91 Å². The third kappa shape index (κ3) is 7.33. The maximum absolute atomic E-state index is 12.5. The minimum absolute atomic E-state index is 0.0123. The molecule has 6 heteroatoms. The van der Waals surface area contributed by atoms with Crippen LogP contribution in [0.3, 0.4) is 0 Å². The first-order chi connectivity index (χ1) is 16.2. The van der Waals surface area contributed by atoms with Crippen LogP contribution >= 0.6 is 0 Å². The molecule has 3 rings (SSSR count). The number of phenolic OH excluding ortho intramolecular Hbond substituents is 2. The molecule has 0 saturated carbocycles. The molecule has 0 radical (unpaired) electrons. The van der Waals surface area contributed by atoms with Gasteiger partial charge in [0, 0.05) is 25.2 Å². The molecule has 2 atom stereocenters. The van der Waals surface area contributed by atoms with E-state index >= 15 is 0 Å². The highest BCUT2D eigenvalue weighted by Gasteiger charge is 2.13. The van der Waals surface area contributed by atoms with Crippen LogP contribution in [0, 0.1) is 13.8 Å². The average molecular weight is 463 g/mol. The fourth-order valence-corrected chi connectivity index (χ4v) is 3.98. The number of amides is 1. The maximum atomic E-state index is 12.5. The van der Waals surface area contributed by atoms with Crippen LogP contribution in [0.25, 0.3) is 0 Å². The maximum Gasteiger partial charge on any atom is 0.224 e. The van der Waals surface area contributed by atoms with Crippen LogP contribution in [0.15, 0.2) is 60.7 Å². The van der Waals surface area contributed by atoms with Crippen molar-refractivity contribution in [1.82, 2.24) is 10.6 Å². The third-order valence-electron chi connectivity index (χ3n) is 6.06. The van der Waals surface area contributed by atoms with Gasteiger partial charge in [-0.1, -0.05) is 42.5 Å². The lowest BCUT2D eigenvalue weighted by Crippen LogP contribution is -2.32. The predicted molar refractivity (Wildman–Crippen MR) is 134 cm³/mol. The molecular weight excluding hydrogens is 428 g/mol. The smallest absolute Gasteiger partial charge is 0.224 e. The van der Waals surface area contributed by atoms with E-state index in [-0.39, 0.29) is 30.0 Å². The van der Waals surface area contributed by atoms with Gasteiger partial charge >= 0.3 is 0 Å². The molecule has 0 aromatic heterocycles. The number of nitrogens with one attached hydrogen (secondary N) is 2. The van der Waals surface area contributed by atoms with E-state index in [1.54, 1.807) is 0 Å². The highest BCUT2D eigenvalue weighted by molar-refractivity contribution is 5.78. The van der Waals surface area contributed by atoms with Crippen LogP contribution in [-0.2, 0) is 24.2 Å². The van der Waals surface area contributed by atoms with Crippen LogP contribution in [0.1, 0.15) is 46.4 Å². The lowest BCUT2D eigenvalue weighted by atomic mass is 10.0. The Bertz CT molecular complexity index is 1110. The third-order valence-corrected chi connectivity index (χ3v) is 6.06. The summed E-state index contributed by atoms with van der Waals surface area (Å²) in [6.45, 7) is 6.97. The van der Waals surface area contributed by atoms with Gasteiger partial charge in [0.25, 0.3) is 0 Å². The summed E-state index contributed by atoms with van der Waals surface area (Å²) < 4.78 is 0. The molecule has 180 valence electrons. The topological polar surface area (TPSA) is 102 Å². The Kier molecular flexibility index (Phi) is 8.68. The summed E-state index contributed by atoms with van der Waals surface area (Å²) >= 11 is 0. The number of hydrogen-bond acceptors (Lipinski definition) is 5. The Hall–Kier alpha value is -3.35. The van der Waals surface area contributed by atoms with Gasteiger partial charge in [0.05, 0.1) is 12.5 Å². The second-order valence-corrected chi connectivity index (χ2v) is 8.94. The van der Waals surface area contributed by atoms with Gasteiger partial charge in [-0.2, -0.15) is 0 Å². The van der Waals surface area contributed by atoms with E-state index in [9.17, 15) is 20.1 Å². The number of aliphatic hydroxyl groups is 1. The first-order valence-electron chi connectivity index (χ1n) is 11.5. The molecule has 0 aliphatic heterocycles. The lowest BCUT2D eigenvalue weighted by molar-refractivity contribution is -0.120. The Morgan fingerprint density at radius 2 is 1.62 bits per heavy atom. The van der Waals surface area contributed by atoms with Gasteiger partial charge in [-0.25, -0.2) is 0 Å². The number of carbonyl (C=O) groups is 1. The van der Waals surface area contributed by atoms with E-state index in [1.165, 1.54) is 29.3 Å². The molecule has 1 amide bonds. The van der Waals surface area contributed by atoms with Gasteiger partial charge in [-0.3, -0.25) is 4.79 Å². The molecule has 0 saturated heterocycles. The Balaban J connectivity index is 1.49. The molecule has 0 aliphatic carbocycles. The van der Waals surface area contributed by atoms with E-state index in [0.717, 1.165) is 23.1 Å². The molecule has 5 N–H and O–H groups in total. The van der Waals surface area contributed by atoms with Crippen molar-refractivity contribution in [1.29, 1.82) is 0 Å². The van der Waals surface area contributed by atoms with Crippen molar-refractivity contribution >= 4 is 5.91 Å². The summed E-state index contributed by atoms with van der Waals surface area (Å²) in [6.07, 6.45) is 0.198. The van der Waals surface area contributed by atoms with Crippen molar-refractivity contribution in [3.8, 4) is 11.5 Å². The van der Waals surface area contributed by atoms with Crippen LogP contribution in [0.4, 0.5) is 0 Å². The monoisotopic (exact) mass is 462 g/mol. The van der Waals surface area contributed by atoms with E-state index in [4.69, 9.17) is 0 Å². The van der Waals surface area contributed by atoms with Gasteiger partial charge in [0.1, 0.15) is 11.5 Å². The second-order valence-electron chi connectivity index (χ2n) is 8.94. The zero-order valence-electron chi connectivity index (χ0n) is 20.0. The van der Waals surface area contributed by atoms with Crippen molar-refractivity contribution in [3.63, 3.8) is 0 Å². The number of benzene rings is 3. The summed E-state index contributed by atoms with van der Waals surface area (Å²) in [5, 5.41) is 35.9. The van der Waals surface area contributed by atoms with E-state index in [0.29, 0.717) is 18.5 Å². The Morgan fingerprint density at radius 3 is 2.35 bits per heavy atom. The summed E-state index contributed by atoms with van der Waals surface area (Å²) in [6, 6.07) is 18.3. The zero-order chi connectivity index (χ0) is 24.7. The molecular formula is C28H34N2O4. The highest BCUT2D eigenvalue weighted by atomic mass is 16.3. The quantitative estimate of drug-likeness (QED) is 0.315. The summed E-state index contributed by atoms with van der Waals surface area (Å²) in [5.41, 5.74) is 6.06. The van der Waals surface area contributed by atoms with Crippen LogP contribution < -0.4 is 10.6 Å². The molecule has 0 spiro atoms. The molecule has 6 nitrogen and oxygen atoms in total. The standard InChI is InChI=1S/C28H34N2O4/c1-18-6-4-9-23(20(18)3)16-30-28(34)12-22-8-5-7-21(11-22)10-19(2)29-17-27(33)24-13-25(31)15-26(32)14-24/h4-9,11,13-15,19,27,29,31-33H,10,12,16-17H2,1-3H3,(H,30,34). The van der Waals surface area contributed by atoms with Gasteiger partial charge < -0.3 is 26.0 Å². The van der Waals surface area contributed by atoms with E-state index in [1.807, 2.05) is 43.3 Å². The minimum atomic E-state index is -0.854.